The monoisotopic (exact) mass is 362 g/mol. The number of carbonyl (C=O) groups is 3. The van der Waals surface area contributed by atoms with Gasteiger partial charge in [0.1, 0.15) is 0 Å². The quantitative estimate of drug-likeness (QED) is 0.844. The molecule has 2 aromatic carbocycles. The number of nitrogens with zero attached hydrogens (tertiary/aromatic N) is 1. The Bertz CT molecular complexity index is 851. The summed E-state index contributed by atoms with van der Waals surface area (Å²) < 4.78 is 0. The van der Waals surface area contributed by atoms with E-state index in [2.05, 4.69) is 5.32 Å². The smallest absolute Gasteiger partial charge is 0.261 e. The summed E-state index contributed by atoms with van der Waals surface area (Å²) in [6.45, 7) is -0.00361. The maximum atomic E-state index is 12.3. The van der Waals surface area contributed by atoms with Crippen LogP contribution in [0.4, 0.5) is 5.69 Å². The second-order valence-corrected chi connectivity index (χ2v) is 6.13. The Morgan fingerprint density at radius 3 is 2.42 bits per heavy atom. The number of fused-ring (bicyclic) bond motifs is 1. The molecule has 0 aromatic heterocycles. The van der Waals surface area contributed by atoms with Crippen molar-refractivity contribution in [2.45, 2.75) is 6.42 Å². The molecule has 122 valence electrons. The molecule has 1 heterocycles. The molecule has 5 nitrogen and oxygen atoms in total. The van der Waals surface area contributed by atoms with E-state index < -0.39 is 11.8 Å². The Balaban J connectivity index is 1.64. The first-order valence-corrected chi connectivity index (χ1v) is 7.92. The molecule has 0 atom stereocenters. The molecular formula is C17H12Cl2N2O3. The van der Waals surface area contributed by atoms with Crippen molar-refractivity contribution in [2.75, 3.05) is 11.9 Å². The lowest BCUT2D eigenvalue weighted by atomic mass is 10.1. The van der Waals surface area contributed by atoms with Gasteiger partial charge in [0.25, 0.3) is 11.8 Å². The molecule has 7 heteroatoms. The van der Waals surface area contributed by atoms with Crippen LogP contribution in [0.1, 0.15) is 27.1 Å². The van der Waals surface area contributed by atoms with E-state index in [-0.39, 0.29) is 24.4 Å². The highest BCUT2D eigenvalue weighted by atomic mass is 35.5. The van der Waals surface area contributed by atoms with Crippen molar-refractivity contribution in [3.05, 3.63) is 63.6 Å². The van der Waals surface area contributed by atoms with Crippen molar-refractivity contribution >= 4 is 46.6 Å². The lowest BCUT2D eigenvalue weighted by Crippen LogP contribution is -2.32. The zero-order valence-electron chi connectivity index (χ0n) is 12.4. The van der Waals surface area contributed by atoms with Gasteiger partial charge < -0.3 is 5.32 Å². The van der Waals surface area contributed by atoms with Gasteiger partial charge in [0.15, 0.2) is 0 Å². The predicted molar refractivity (Wildman–Crippen MR) is 91.5 cm³/mol. The van der Waals surface area contributed by atoms with Gasteiger partial charge in [-0.1, -0.05) is 29.3 Å². The van der Waals surface area contributed by atoms with Gasteiger partial charge in [0.05, 0.1) is 11.1 Å². The number of nitrogens with one attached hydrogen (secondary N) is 1. The molecule has 0 spiro atoms. The molecule has 0 saturated carbocycles. The number of hydrogen-bond donors (Lipinski definition) is 1. The molecule has 0 bridgehead atoms. The fraction of sp³-hybridized carbons (Fsp3) is 0.118. The van der Waals surface area contributed by atoms with Crippen molar-refractivity contribution in [2.24, 2.45) is 0 Å². The minimum Gasteiger partial charge on any atom is -0.326 e. The number of carbonyl (C=O) groups excluding carboxylic acids is 3. The van der Waals surface area contributed by atoms with Crippen LogP contribution >= 0.6 is 23.2 Å². The van der Waals surface area contributed by atoms with E-state index in [4.69, 9.17) is 23.2 Å². The van der Waals surface area contributed by atoms with Gasteiger partial charge >= 0.3 is 0 Å². The standard InChI is InChI=1S/C17H12Cl2N2O3/c18-10-2-1-3-12(8-10)20-15(22)6-7-21-16(23)13-5-4-11(19)9-14(13)17(21)24/h1-5,8-9H,6-7H2,(H,20,22). The minimum absolute atomic E-state index is 0.00361. The molecule has 1 aliphatic rings. The number of hydrogen-bond acceptors (Lipinski definition) is 3. The summed E-state index contributed by atoms with van der Waals surface area (Å²) in [6, 6.07) is 11.3. The fourth-order valence-corrected chi connectivity index (χ4v) is 2.83. The van der Waals surface area contributed by atoms with Crippen molar-refractivity contribution in [3.8, 4) is 0 Å². The summed E-state index contributed by atoms with van der Waals surface area (Å²) in [5.41, 5.74) is 1.13. The zero-order valence-corrected chi connectivity index (χ0v) is 13.9. The Hall–Kier alpha value is -2.37. The van der Waals surface area contributed by atoms with Crippen LogP contribution in [-0.4, -0.2) is 29.2 Å². The molecular weight excluding hydrogens is 351 g/mol. The van der Waals surface area contributed by atoms with Gasteiger partial charge in [-0.05, 0) is 36.4 Å². The van der Waals surface area contributed by atoms with Gasteiger partial charge in [-0.2, -0.15) is 0 Å². The lowest BCUT2D eigenvalue weighted by molar-refractivity contribution is -0.116. The topological polar surface area (TPSA) is 66.5 Å². The average Bonchev–Trinajstić information content (AvgIpc) is 2.76. The van der Waals surface area contributed by atoms with E-state index in [1.165, 1.54) is 12.1 Å². The SMILES string of the molecule is O=C(CCN1C(=O)c2ccc(Cl)cc2C1=O)Nc1cccc(Cl)c1. The Kier molecular flexibility index (Phi) is 4.55. The summed E-state index contributed by atoms with van der Waals surface area (Å²) in [5.74, 6) is -1.16. The Labute approximate surface area is 148 Å². The summed E-state index contributed by atoms with van der Waals surface area (Å²) in [7, 11) is 0. The van der Waals surface area contributed by atoms with Gasteiger partial charge in [-0.3, -0.25) is 19.3 Å². The summed E-state index contributed by atoms with van der Waals surface area (Å²) >= 11 is 11.7. The number of anilines is 1. The van der Waals surface area contributed by atoms with Crippen molar-refractivity contribution in [3.63, 3.8) is 0 Å². The predicted octanol–water partition coefficient (Wildman–Crippen LogP) is 3.62. The molecule has 0 unspecified atom stereocenters. The average molecular weight is 363 g/mol. The van der Waals surface area contributed by atoms with E-state index >= 15 is 0 Å². The van der Waals surface area contributed by atoms with E-state index in [0.717, 1.165) is 4.90 Å². The number of imide groups is 1. The molecule has 0 saturated heterocycles. The normalized spacial score (nSPS) is 13.2. The van der Waals surface area contributed by atoms with Gasteiger partial charge in [-0.25, -0.2) is 0 Å². The highest BCUT2D eigenvalue weighted by Gasteiger charge is 2.35. The molecule has 1 aliphatic heterocycles. The van der Waals surface area contributed by atoms with Crippen molar-refractivity contribution in [1.29, 1.82) is 0 Å². The van der Waals surface area contributed by atoms with Crippen molar-refractivity contribution in [1.82, 2.24) is 4.90 Å². The van der Waals surface area contributed by atoms with Crippen LogP contribution in [0.25, 0.3) is 0 Å². The highest BCUT2D eigenvalue weighted by Crippen LogP contribution is 2.26. The second kappa shape index (κ2) is 6.63. The third kappa shape index (κ3) is 3.27. The first kappa shape index (κ1) is 16.5. The molecule has 0 fully saturated rings. The summed E-state index contributed by atoms with van der Waals surface area (Å²) in [4.78, 5) is 37.6. The molecule has 3 amide bonds. The molecule has 1 N–H and O–H groups in total. The van der Waals surface area contributed by atoms with Crippen LogP contribution in [0.3, 0.4) is 0 Å². The van der Waals surface area contributed by atoms with E-state index in [9.17, 15) is 14.4 Å². The van der Waals surface area contributed by atoms with E-state index in [0.29, 0.717) is 21.3 Å². The first-order chi connectivity index (χ1) is 11.5. The third-order valence-electron chi connectivity index (χ3n) is 3.60. The maximum absolute atomic E-state index is 12.3. The third-order valence-corrected chi connectivity index (χ3v) is 4.07. The Morgan fingerprint density at radius 2 is 1.67 bits per heavy atom. The number of halogens is 2. The molecule has 3 rings (SSSR count). The Morgan fingerprint density at radius 1 is 0.958 bits per heavy atom. The maximum Gasteiger partial charge on any atom is 0.261 e. The van der Waals surface area contributed by atoms with Crippen LogP contribution in [-0.2, 0) is 4.79 Å². The number of benzene rings is 2. The lowest BCUT2D eigenvalue weighted by Gasteiger charge is -2.13. The summed E-state index contributed by atoms with van der Waals surface area (Å²) in [6.07, 6.45) is -0.00822. The van der Waals surface area contributed by atoms with Crippen LogP contribution in [0, 0.1) is 0 Å². The van der Waals surface area contributed by atoms with Gasteiger partial charge in [0.2, 0.25) is 5.91 Å². The second-order valence-electron chi connectivity index (χ2n) is 5.26. The molecule has 0 radical (unpaired) electrons. The van der Waals surface area contributed by atoms with Crippen LogP contribution in [0.15, 0.2) is 42.5 Å². The fourth-order valence-electron chi connectivity index (χ4n) is 2.47. The summed E-state index contributed by atoms with van der Waals surface area (Å²) in [5, 5.41) is 3.56. The van der Waals surface area contributed by atoms with Gasteiger partial charge in [-0.15, -0.1) is 0 Å². The van der Waals surface area contributed by atoms with Crippen molar-refractivity contribution < 1.29 is 14.4 Å². The number of amides is 3. The molecule has 24 heavy (non-hydrogen) atoms. The first-order valence-electron chi connectivity index (χ1n) is 7.17. The number of rotatable bonds is 4. The van der Waals surface area contributed by atoms with Gasteiger partial charge in [0, 0.05) is 28.7 Å². The highest BCUT2D eigenvalue weighted by molar-refractivity contribution is 6.32. The minimum atomic E-state index is -0.437. The molecule has 2 aromatic rings. The van der Waals surface area contributed by atoms with Crippen LogP contribution in [0.2, 0.25) is 10.0 Å². The van der Waals surface area contributed by atoms with E-state index in [1.807, 2.05) is 0 Å². The largest absolute Gasteiger partial charge is 0.326 e. The molecule has 0 aliphatic carbocycles. The van der Waals surface area contributed by atoms with Crippen LogP contribution < -0.4 is 5.32 Å². The zero-order chi connectivity index (χ0) is 17.3. The van der Waals surface area contributed by atoms with E-state index in [1.54, 1.807) is 30.3 Å². The van der Waals surface area contributed by atoms with Crippen LogP contribution in [0.5, 0.6) is 0 Å².